The van der Waals surface area contributed by atoms with Crippen LogP contribution in [0.25, 0.3) is 0 Å². The van der Waals surface area contributed by atoms with Crippen molar-refractivity contribution in [2.24, 2.45) is 0 Å². The monoisotopic (exact) mass is 200 g/mol. The standard InChI is InChI=1S/C8H9FN2O3/c1-4-6(9)3-10-11(7(4)12)5(2)8(13)14/h3,5H,1-2H3,(H,13,14). The van der Waals surface area contributed by atoms with Crippen LogP contribution < -0.4 is 5.56 Å². The van der Waals surface area contributed by atoms with Gasteiger partial charge in [0.2, 0.25) is 0 Å². The molecule has 1 aromatic rings. The molecule has 14 heavy (non-hydrogen) atoms. The average Bonchev–Trinajstić information content (AvgIpc) is 2.13. The van der Waals surface area contributed by atoms with Gasteiger partial charge >= 0.3 is 5.97 Å². The quantitative estimate of drug-likeness (QED) is 0.747. The number of aliphatic carboxylic acids is 1. The van der Waals surface area contributed by atoms with Gasteiger partial charge < -0.3 is 5.11 Å². The van der Waals surface area contributed by atoms with E-state index in [2.05, 4.69) is 5.10 Å². The second-order valence-corrected chi connectivity index (χ2v) is 2.88. The maximum Gasteiger partial charge on any atom is 0.328 e. The molecule has 0 radical (unpaired) electrons. The summed E-state index contributed by atoms with van der Waals surface area (Å²) in [6.45, 7) is 2.58. The van der Waals surface area contributed by atoms with E-state index in [9.17, 15) is 14.0 Å². The molecule has 6 heteroatoms. The number of aromatic nitrogens is 2. The van der Waals surface area contributed by atoms with E-state index in [4.69, 9.17) is 5.11 Å². The number of carboxylic acids is 1. The largest absolute Gasteiger partial charge is 0.480 e. The van der Waals surface area contributed by atoms with Crippen molar-refractivity contribution in [1.82, 2.24) is 9.78 Å². The fourth-order valence-corrected chi connectivity index (χ4v) is 0.917. The number of halogens is 1. The lowest BCUT2D eigenvalue weighted by atomic mass is 10.3. The zero-order valence-corrected chi connectivity index (χ0v) is 7.69. The SMILES string of the molecule is Cc1c(F)cnn(C(C)C(=O)O)c1=O. The third kappa shape index (κ3) is 1.63. The van der Waals surface area contributed by atoms with Crippen molar-refractivity contribution in [3.63, 3.8) is 0 Å². The van der Waals surface area contributed by atoms with Crippen molar-refractivity contribution in [3.8, 4) is 0 Å². The minimum atomic E-state index is -1.19. The lowest BCUT2D eigenvalue weighted by molar-refractivity contribution is -0.140. The molecule has 0 saturated carbocycles. The molecule has 0 aliphatic heterocycles. The summed E-state index contributed by atoms with van der Waals surface area (Å²) in [5, 5.41) is 12.0. The lowest BCUT2D eigenvalue weighted by Gasteiger charge is -2.09. The number of nitrogens with zero attached hydrogens (tertiary/aromatic N) is 2. The van der Waals surface area contributed by atoms with Crippen LogP contribution in [0.4, 0.5) is 4.39 Å². The topological polar surface area (TPSA) is 72.2 Å². The number of hydrogen-bond acceptors (Lipinski definition) is 3. The Hall–Kier alpha value is -1.72. The van der Waals surface area contributed by atoms with Crippen LogP contribution in [-0.4, -0.2) is 20.9 Å². The van der Waals surface area contributed by atoms with Crippen LogP contribution in [0.1, 0.15) is 18.5 Å². The molecule has 76 valence electrons. The van der Waals surface area contributed by atoms with Gasteiger partial charge in [-0.3, -0.25) is 4.79 Å². The van der Waals surface area contributed by atoms with Crippen LogP contribution in [0.5, 0.6) is 0 Å². The highest BCUT2D eigenvalue weighted by Crippen LogP contribution is 2.02. The summed E-state index contributed by atoms with van der Waals surface area (Å²) in [6.07, 6.45) is 0.830. The van der Waals surface area contributed by atoms with E-state index in [-0.39, 0.29) is 5.56 Å². The Balaban J connectivity index is 3.32. The van der Waals surface area contributed by atoms with Gasteiger partial charge in [-0.2, -0.15) is 5.10 Å². The number of carbonyl (C=O) groups is 1. The van der Waals surface area contributed by atoms with E-state index >= 15 is 0 Å². The molecular formula is C8H9FN2O3. The molecule has 0 aromatic carbocycles. The molecule has 0 fully saturated rings. The molecule has 1 N–H and O–H groups in total. The highest BCUT2D eigenvalue weighted by Gasteiger charge is 2.17. The van der Waals surface area contributed by atoms with E-state index in [1.54, 1.807) is 0 Å². The summed E-state index contributed by atoms with van der Waals surface area (Å²) in [6, 6.07) is -1.10. The first-order chi connectivity index (χ1) is 6.45. The van der Waals surface area contributed by atoms with Gasteiger partial charge in [0.1, 0.15) is 0 Å². The van der Waals surface area contributed by atoms with Gasteiger partial charge in [0.05, 0.1) is 11.8 Å². The van der Waals surface area contributed by atoms with Crippen molar-refractivity contribution >= 4 is 5.97 Å². The van der Waals surface area contributed by atoms with Crippen LogP contribution in [0.2, 0.25) is 0 Å². The Labute approximate surface area is 78.8 Å². The molecule has 0 aliphatic carbocycles. The van der Waals surface area contributed by atoms with E-state index in [0.717, 1.165) is 10.9 Å². The Morgan fingerprint density at radius 1 is 1.71 bits per heavy atom. The Kier molecular flexibility index (Phi) is 2.64. The molecule has 1 atom stereocenters. The zero-order valence-electron chi connectivity index (χ0n) is 7.69. The minimum Gasteiger partial charge on any atom is -0.480 e. The number of rotatable bonds is 2. The minimum absolute atomic E-state index is 0.131. The Morgan fingerprint density at radius 2 is 2.29 bits per heavy atom. The van der Waals surface area contributed by atoms with E-state index in [1.807, 2.05) is 0 Å². The molecule has 0 bridgehead atoms. The van der Waals surface area contributed by atoms with Crippen molar-refractivity contribution < 1.29 is 14.3 Å². The normalized spacial score (nSPS) is 12.5. The van der Waals surface area contributed by atoms with Gasteiger partial charge in [0, 0.05) is 0 Å². The van der Waals surface area contributed by atoms with Gasteiger partial charge in [0.25, 0.3) is 5.56 Å². The second kappa shape index (κ2) is 3.57. The van der Waals surface area contributed by atoms with Gasteiger partial charge in [-0.15, -0.1) is 0 Å². The smallest absolute Gasteiger partial charge is 0.328 e. The molecule has 1 heterocycles. The van der Waals surface area contributed by atoms with E-state index in [1.165, 1.54) is 13.8 Å². The Bertz CT molecular complexity index is 427. The third-order valence-electron chi connectivity index (χ3n) is 1.91. The molecule has 0 amide bonds. The predicted octanol–water partition coefficient (Wildman–Crippen LogP) is 0.336. The van der Waals surface area contributed by atoms with Crippen molar-refractivity contribution in [1.29, 1.82) is 0 Å². The predicted molar refractivity (Wildman–Crippen MR) is 45.5 cm³/mol. The zero-order chi connectivity index (χ0) is 10.9. The van der Waals surface area contributed by atoms with Crippen molar-refractivity contribution in [2.75, 3.05) is 0 Å². The maximum absolute atomic E-state index is 12.8. The van der Waals surface area contributed by atoms with Crippen LogP contribution in [0, 0.1) is 12.7 Å². The molecule has 1 aromatic heterocycles. The first-order valence-corrected chi connectivity index (χ1v) is 3.92. The molecule has 0 spiro atoms. The van der Waals surface area contributed by atoms with E-state index in [0.29, 0.717) is 0 Å². The van der Waals surface area contributed by atoms with Crippen molar-refractivity contribution in [2.45, 2.75) is 19.9 Å². The summed E-state index contributed by atoms with van der Waals surface area (Å²) in [5.74, 6) is -1.92. The molecule has 1 unspecified atom stereocenters. The summed E-state index contributed by atoms with van der Waals surface area (Å²) in [7, 11) is 0. The first kappa shape index (κ1) is 10.4. The summed E-state index contributed by atoms with van der Waals surface area (Å²) in [4.78, 5) is 21.9. The van der Waals surface area contributed by atoms with Crippen LogP contribution in [-0.2, 0) is 4.79 Å². The number of hydrogen-bond donors (Lipinski definition) is 1. The summed E-state index contributed by atoms with van der Waals surface area (Å²) in [5.41, 5.74) is -0.854. The fraction of sp³-hybridized carbons (Fsp3) is 0.375. The number of carboxylic acid groups (broad SMARTS) is 1. The second-order valence-electron chi connectivity index (χ2n) is 2.88. The van der Waals surface area contributed by atoms with Gasteiger partial charge in [-0.1, -0.05) is 0 Å². The summed E-state index contributed by atoms with van der Waals surface area (Å²) < 4.78 is 13.5. The van der Waals surface area contributed by atoms with E-state index < -0.39 is 23.4 Å². The van der Waals surface area contributed by atoms with Gasteiger partial charge in [0.15, 0.2) is 11.9 Å². The highest BCUT2D eigenvalue weighted by molar-refractivity contribution is 5.71. The van der Waals surface area contributed by atoms with Gasteiger partial charge in [-0.25, -0.2) is 13.9 Å². The maximum atomic E-state index is 12.8. The van der Waals surface area contributed by atoms with Crippen LogP contribution in [0.3, 0.4) is 0 Å². The van der Waals surface area contributed by atoms with Crippen molar-refractivity contribution in [3.05, 3.63) is 27.9 Å². The Morgan fingerprint density at radius 3 is 2.79 bits per heavy atom. The molecule has 0 aliphatic rings. The third-order valence-corrected chi connectivity index (χ3v) is 1.91. The molecule has 5 nitrogen and oxygen atoms in total. The summed E-state index contributed by atoms with van der Waals surface area (Å²) >= 11 is 0. The lowest BCUT2D eigenvalue weighted by Crippen LogP contribution is -2.32. The first-order valence-electron chi connectivity index (χ1n) is 3.92. The van der Waals surface area contributed by atoms with Crippen LogP contribution >= 0.6 is 0 Å². The molecular weight excluding hydrogens is 191 g/mol. The average molecular weight is 200 g/mol. The molecule has 0 saturated heterocycles. The molecule has 1 rings (SSSR count). The highest BCUT2D eigenvalue weighted by atomic mass is 19.1. The van der Waals surface area contributed by atoms with Gasteiger partial charge in [-0.05, 0) is 13.8 Å². The fourth-order valence-electron chi connectivity index (χ4n) is 0.917. The van der Waals surface area contributed by atoms with Crippen LogP contribution in [0.15, 0.2) is 11.0 Å².